The maximum absolute atomic E-state index is 3.86. The molecule has 3 aliphatic rings. The Kier molecular flexibility index (Phi) is 5.23. The molecule has 21 heavy (non-hydrogen) atoms. The van der Waals surface area contributed by atoms with Gasteiger partial charge in [0.15, 0.2) is 0 Å². The van der Waals surface area contributed by atoms with E-state index in [2.05, 4.69) is 29.2 Å². The van der Waals surface area contributed by atoms with Gasteiger partial charge in [-0.25, -0.2) is 0 Å². The molecule has 3 nitrogen and oxygen atoms in total. The van der Waals surface area contributed by atoms with Crippen LogP contribution in [0.5, 0.6) is 0 Å². The van der Waals surface area contributed by atoms with Crippen LogP contribution in [-0.4, -0.2) is 62.2 Å². The highest BCUT2D eigenvalue weighted by atomic mass is 15.2. The summed E-state index contributed by atoms with van der Waals surface area (Å²) in [5.41, 5.74) is 0.579. The third-order valence-corrected chi connectivity index (χ3v) is 5.87. The first kappa shape index (κ1) is 15.8. The van der Waals surface area contributed by atoms with Gasteiger partial charge in [-0.05, 0) is 64.6 Å². The molecule has 3 fully saturated rings. The molecule has 0 amide bonds. The fourth-order valence-corrected chi connectivity index (χ4v) is 4.50. The summed E-state index contributed by atoms with van der Waals surface area (Å²) in [6.07, 6.45) is 12.9. The molecule has 3 rings (SSSR count). The summed E-state index contributed by atoms with van der Waals surface area (Å²) in [7, 11) is 4.45. The highest BCUT2D eigenvalue weighted by Crippen LogP contribution is 2.39. The number of likely N-dealkylation sites (N-methyl/N-ethyl adjacent to an activating group) is 1. The van der Waals surface area contributed by atoms with Crippen LogP contribution in [0.4, 0.5) is 0 Å². The predicted octanol–water partition coefficient (Wildman–Crippen LogP) is 2.71. The lowest BCUT2D eigenvalue weighted by molar-refractivity contribution is 0.0862. The normalized spacial score (nSPS) is 30.1. The summed E-state index contributed by atoms with van der Waals surface area (Å²) in [5, 5.41) is 3.86. The van der Waals surface area contributed by atoms with Crippen LogP contribution >= 0.6 is 0 Å². The van der Waals surface area contributed by atoms with Gasteiger partial charge in [-0.2, -0.15) is 0 Å². The lowest BCUT2D eigenvalue weighted by atomic mass is 9.73. The van der Waals surface area contributed by atoms with Crippen molar-refractivity contribution in [1.82, 2.24) is 15.1 Å². The number of rotatable bonds is 7. The Morgan fingerprint density at radius 1 is 1.05 bits per heavy atom. The molecule has 0 bridgehead atoms. The number of nitrogens with one attached hydrogen (secondary N) is 1. The Hall–Kier alpha value is -0.120. The van der Waals surface area contributed by atoms with E-state index in [1.54, 1.807) is 0 Å². The predicted molar refractivity (Wildman–Crippen MR) is 89.7 cm³/mol. The van der Waals surface area contributed by atoms with Gasteiger partial charge in [-0.15, -0.1) is 0 Å². The minimum atomic E-state index is 0.579. The molecule has 1 unspecified atom stereocenters. The zero-order valence-electron chi connectivity index (χ0n) is 14.2. The maximum atomic E-state index is 3.86. The van der Waals surface area contributed by atoms with E-state index in [1.807, 2.05) is 0 Å². The number of hydrogen-bond donors (Lipinski definition) is 1. The van der Waals surface area contributed by atoms with E-state index in [1.165, 1.54) is 84.0 Å². The van der Waals surface area contributed by atoms with E-state index >= 15 is 0 Å². The van der Waals surface area contributed by atoms with Crippen LogP contribution in [0, 0.1) is 5.41 Å². The molecule has 1 aliphatic heterocycles. The maximum Gasteiger partial charge on any atom is 0.0223 e. The summed E-state index contributed by atoms with van der Waals surface area (Å²) in [4.78, 5) is 5.21. The zero-order chi connectivity index (χ0) is 14.7. The smallest absolute Gasteiger partial charge is 0.0223 e. The van der Waals surface area contributed by atoms with Crippen molar-refractivity contribution in [2.45, 2.75) is 69.9 Å². The molecule has 1 heterocycles. The number of hydrogen-bond acceptors (Lipinski definition) is 3. The standard InChI is InChI=1S/C18H35N3/c1-20(2)13-17-7-6-12-21(17)15-18(10-4-3-5-11-18)14-19-16-8-9-16/h16-17,19H,3-15H2,1-2H3. The molecule has 0 aromatic rings. The van der Waals surface area contributed by atoms with Crippen LogP contribution in [0.3, 0.4) is 0 Å². The first-order valence-electron chi connectivity index (χ1n) is 9.29. The molecule has 3 heteroatoms. The largest absolute Gasteiger partial charge is 0.313 e. The Balaban J connectivity index is 1.59. The van der Waals surface area contributed by atoms with Gasteiger partial charge >= 0.3 is 0 Å². The third-order valence-electron chi connectivity index (χ3n) is 5.87. The number of nitrogens with zero attached hydrogens (tertiary/aromatic N) is 2. The van der Waals surface area contributed by atoms with E-state index in [0.717, 1.165) is 12.1 Å². The minimum absolute atomic E-state index is 0.579. The molecule has 1 N–H and O–H groups in total. The monoisotopic (exact) mass is 293 g/mol. The Morgan fingerprint density at radius 3 is 2.48 bits per heavy atom. The summed E-state index contributed by atoms with van der Waals surface area (Å²) in [6.45, 7) is 5.21. The number of likely N-dealkylation sites (tertiary alicyclic amines) is 1. The zero-order valence-corrected chi connectivity index (χ0v) is 14.2. The molecular weight excluding hydrogens is 258 g/mol. The minimum Gasteiger partial charge on any atom is -0.313 e. The van der Waals surface area contributed by atoms with Crippen molar-refractivity contribution in [2.75, 3.05) is 40.3 Å². The molecular formula is C18H35N3. The van der Waals surface area contributed by atoms with Gasteiger partial charge in [-0.1, -0.05) is 19.3 Å². The van der Waals surface area contributed by atoms with Gasteiger partial charge in [0.25, 0.3) is 0 Å². The second-order valence-corrected chi connectivity index (χ2v) is 8.24. The van der Waals surface area contributed by atoms with Crippen LogP contribution in [0.25, 0.3) is 0 Å². The summed E-state index contributed by atoms with van der Waals surface area (Å²) >= 11 is 0. The van der Waals surface area contributed by atoms with Gasteiger partial charge in [-0.3, -0.25) is 4.90 Å². The quantitative estimate of drug-likeness (QED) is 0.778. The second kappa shape index (κ2) is 6.97. The van der Waals surface area contributed by atoms with Gasteiger partial charge < -0.3 is 10.2 Å². The molecule has 0 aromatic carbocycles. The van der Waals surface area contributed by atoms with Gasteiger partial charge in [0.1, 0.15) is 0 Å². The Bertz CT molecular complexity index is 318. The lowest BCUT2D eigenvalue weighted by Crippen LogP contribution is -2.49. The highest BCUT2D eigenvalue weighted by Gasteiger charge is 2.38. The fraction of sp³-hybridized carbons (Fsp3) is 1.00. The van der Waals surface area contributed by atoms with Crippen molar-refractivity contribution in [2.24, 2.45) is 5.41 Å². The van der Waals surface area contributed by atoms with Crippen LogP contribution in [0.1, 0.15) is 57.8 Å². The molecule has 1 saturated heterocycles. The summed E-state index contributed by atoms with van der Waals surface area (Å²) in [6, 6.07) is 1.67. The van der Waals surface area contributed by atoms with Crippen molar-refractivity contribution >= 4 is 0 Å². The van der Waals surface area contributed by atoms with Crippen LogP contribution in [-0.2, 0) is 0 Å². The van der Waals surface area contributed by atoms with Gasteiger partial charge in [0.2, 0.25) is 0 Å². The van der Waals surface area contributed by atoms with Crippen molar-refractivity contribution in [1.29, 1.82) is 0 Å². The molecule has 1 atom stereocenters. The van der Waals surface area contributed by atoms with E-state index in [-0.39, 0.29) is 0 Å². The van der Waals surface area contributed by atoms with E-state index in [0.29, 0.717) is 5.41 Å². The SMILES string of the molecule is CN(C)CC1CCCN1CC1(CNC2CC2)CCCCC1. The van der Waals surface area contributed by atoms with Crippen molar-refractivity contribution in [3.63, 3.8) is 0 Å². The fourth-order valence-electron chi connectivity index (χ4n) is 4.50. The molecule has 2 aliphatic carbocycles. The van der Waals surface area contributed by atoms with Crippen molar-refractivity contribution in [3.8, 4) is 0 Å². The van der Waals surface area contributed by atoms with Crippen LogP contribution in [0.15, 0.2) is 0 Å². The summed E-state index contributed by atoms with van der Waals surface area (Å²) < 4.78 is 0. The Labute approximate surface area is 131 Å². The first-order valence-corrected chi connectivity index (χ1v) is 9.29. The molecule has 0 radical (unpaired) electrons. The lowest BCUT2D eigenvalue weighted by Gasteiger charge is -2.42. The Morgan fingerprint density at radius 2 is 1.81 bits per heavy atom. The van der Waals surface area contributed by atoms with E-state index in [4.69, 9.17) is 0 Å². The summed E-state index contributed by atoms with van der Waals surface area (Å²) in [5.74, 6) is 0. The van der Waals surface area contributed by atoms with E-state index < -0.39 is 0 Å². The highest BCUT2D eigenvalue weighted by molar-refractivity contribution is 4.94. The average Bonchev–Trinajstić information content (AvgIpc) is 3.21. The van der Waals surface area contributed by atoms with Crippen LogP contribution < -0.4 is 5.32 Å². The van der Waals surface area contributed by atoms with Crippen molar-refractivity contribution < 1.29 is 0 Å². The van der Waals surface area contributed by atoms with Gasteiger partial charge in [0, 0.05) is 31.7 Å². The van der Waals surface area contributed by atoms with Crippen molar-refractivity contribution in [3.05, 3.63) is 0 Å². The third kappa shape index (κ3) is 4.43. The molecule has 0 aromatic heterocycles. The molecule has 2 saturated carbocycles. The molecule has 122 valence electrons. The molecule has 0 spiro atoms. The first-order chi connectivity index (χ1) is 10.2. The van der Waals surface area contributed by atoms with E-state index in [9.17, 15) is 0 Å². The topological polar surface area (TPSA) is 18.5 Å². The van der Waals surface area contributed by atoms with Gasteiger partial charge in [0.05, 0.1) is 0 Å². The second-order valence-electron chi connectivity index (χ2n) is 8.24. The van der Waals surface area contributed by atoms with Crippen LogP contribution in [0.2, 0.25) is 0 Å². The average molecular weight is 293 g/mol.